The fraction of sp³-hybridized carbons (Fsp3) is 0.364. The predicted octanol–water partition coefficient (Wildman–Crippen LogP) is 3.12. The lowest BCUT2D eigenvalue weighted by atomic mass is 10.1. The molecular formula is C11H14IO4P. The summed E-state index contributed by atoms with van der Waals surface area (Å²) < 4.78 is 15.4. The van der Waals surface area contributed by atoms with E-state index in [0.29, 0.717) is 31.0 Å². The fourth-order valence-corrected chi connectivity index (χ4v) is 2.09. The Morgan fingerprint density at radius 1 is 1.41 bits per heavy atom. The Morgan fingerprint density at radius 2 is 2.18 bits per heavy atom. The highest BCUT2D eigenvalue weighted by Gasteiger charge is 2.12. The zero-order valence-corrected chi connectivity index (χ0v) is 12.8. The van der Waals surface area contributed by atoms with E-state index in [-0.39, 0.29) is 5.97 Å². The molecule has 0 aliphatic heterocycles. The standard InChI is InChI=1S/C11H14IO4P/c1-8-3-4-10(15-5-6-16-17-12)9(7-8)11(13)14-2/h3-4,7,17H,5-6H2,1-2H3. The lowest BCUT2D eigenvalue weighted by Crippen LogP contribution is -2.09. The van der Waals surface area contributed by atoms with Crippen molar-refractivity contribution in [3.05, 3.63) is 29.3 Å². The van der Waals surface area contributed by atoms with Gasteiger partial charge in [0, 0.05) is 0 Å². The Hall–Kier alpha value is -0.390. The number of hydrogen-bond acceptors (Lipinski definition) is 4. The van der Waals surface area contributed by atoms with Crippen LogP contribution < -0.4 is 4.74 Å². The lowest BCUT2D eigenvalue weighted by molar-refractivity contribution is 0.0595. The van der Waals surface area contributed by atoms with Gasteiger partial charge in [0.05, 0.1) is 20.2 Å². The van der Waals surface area contributed by atoms with E-state index in [1.807, 2.05) is 13.0 Å². The van der Waals surface area contributed by atoms with Gasteiger partial charge in [0.2, 0.25) is 0 Å². The first kappa shape index (κ1) is 14.7. The highest BCUT2D eigenvalue weighted by atomic mass is 127. The summed E-state index contributed by atoms with van der Waals surface area (Å²) in [4.78, 5) is 11.5. The number of carbonyl (C=O) groups excluding carboxylic acids is 1. The van der Waals surface area contributed by atoms with Crippen LogP contribution in [0.4, 0.5) is 0 Å². The third-order valence-corrected chi connectivity index (χ3v) is 3.29. The monoisotopic (exact) mass is 368 g/mol. The largest absolute Gasteiger partial charge is 0.490 e. The molecule has 17 heavy (non-hydrogen) atoms. The van der Waals surface area contributed by atoms with Gasteiger partial charge in [-0.1, -0.05) is 11.6 Å². The zero-order chi connectivity index (χ0) is 12.7. The smallest absolute Gasteiger partial charge is 0.341 e. The topological polar surface area (TPSA) is 44.8 Å². The first-order valence-electron chi connectivity index (χ1n) is 4.98. The van der Waals surface area contributed by atoms with Crippen LogP contribution in [0.25, 0.3) is 0 Å². The van der Waals surface area contributed by atoms with E-state index in [0.717, 1.165) is 5.56 Å². The van der Waals surface area contributed by atoms with Crippen LogP contribution in [-0.4, -0.2) is 26.3 Å². The maximum atomic E-state index is 11.5. The van der Waals surface area contributed by atoms with Gasteiger partial charge in [-0.2, -0.15) is 0 Å². The Bertz CT molecular complexity index is 384. The van der Waals surface area contributed by atoms with Gasteiger partial charge >= 0.3 is 5.97 Å². The van der Waals surface area contributed by atoms with Crippen LogP contribution in [0.3, 0.4) is 0 Å². The van der Waals surface area contributed by atoms with Crippen molar-refractivity contribution in [3.8, 4) is 5.75 Å². The Kier molecular flexibility index (Phi) is 6.77. The molecule has 0 radical (unpaired) electrons. The average Bonchev–Trinajstić information content (AvgIpc) is 2.35. The van der Waals surface area contributed by atoms with Crippen LogP contribution in [0, 0.1) is 6.92 Å². The first-order valence-corrected chi connectivity index (χ1v) is 9.00. The van der Waals surface area contributed by atoms with Crippen molar-refractivity contribution in [2.24, 2.45) is 0 Å². The summed E-state index contributed by atoms with van der Waals surface area (Å²) >= 11 is 2.15. The summed E-state index contributed by atoms with van der Waals surface area (Å²) in [5, 5.41) is 0. The molecule has 1 atom stereocenters. The molecule has 0 spiro atoms. The summed E-state index contributed by atoms with van der Waals surface area (Å²) in [6, 6.07) is 5.42. The van der Waals surface area contributed by atoms with Crippen molar-refractivity contribution < 1.29 is 18.8 Å². The molecule has 94 valence electrons. The minimum atomic E-state index is -0.389. The molecule has 0 saturated heterocycles. The molecule has 0 saturated carbocycles. The highest BCUT2D eigenvalue weighted by molar-refractivity contribution is 14.2. The van der Waals surface area contributed by atoms with Crippen molar-refractivity contribution >= 4 is 34.5 Å². The second-order valence-electron chi connectivity index (χ2n) is 3.27. The molecule has 0 heterocycles. The van der Waals surface area contributed by atoms with E-state index in [1.54, 1.807) is 12.1 Å². The van der Waals surface area contributed by atoms with Gasteiger partial charge in [0.25, 0.3) is 0 Å². The molecule has 4 nitrogen and oxygen atoms in total. The number of rotatable bonds is 6. The minimum Gasteiger partial charge on any atom is -0.490 e. The van der Waals surface area contributed by atoms with E-state index >= 15 is 0 Å². The van der Waals surface area contributed by atoms with E-state index in [9.17, 15) is 4.79 Å². The molecule has 1 aromatic carbocycles. The maximum absolute atomic E-state index is 11.5. The molecule has 0 amide bonds. The van der Waals surface area contributed by atoms with Crippen molar-refractivity contribution in [2.75, 3.05) is 20.3 Å². The Morgan fingerprint density at radius 3 is 2.82 bits per heavy atom. The Balaban J connectivity index is 2.72. The summed E-state index contributed by atoms with van der Waals surface area (Å²) in [5.74, 6) is 0.142. The van der Waals surface area contributed by atoms with Crippen LogP contribution in [0.1, 0.15) is 15.9 Å². The van der Waals surface area contributed by atoms with Crippen LogP contribution >= 0.6 is 28.5 Å². The quantitative estimate of drug-likeness (QED) is 0.335. The maximum Gasteiger partial charge on any atom is 0.341 e. The number of hydrogen-bond donors (Lipinski definition) is 0. The van der Waals surface area contributed by atoms with E-state index < -0.39 is 0 Å². The van der Waals surface area contributed by atoms with Crippen LogP contribution in [-0.2, 0) is 9.26 Å². The molecule has 0 bridgehead atoms. The SMILES string of the molecule is COC(=O)c1cc(C)ccc1OCCOPI. The van der Waals surface area contributed by atoms with Crippen molar-refractivity contribution in [3.63, 3.8) is 0 Å². The number of aryl methyl sites for hydroxylation is 1. The predicted molar refractivity (Wildman–Crippen MR) is 76.3 cm³/mol. The van der Waals surface area contributed by atoms with E-state index in [4.69, 9.17) is 14.0 Å². The molecular weight excluding hydrogens is 354 g/mol. The molecule has 1 rings (SSSR count). The van der Waals surface area contributed by atoms with Crippen molar-refractivity contribution in [1.29, 1.82) is 0 Å². The number of esters is 1. The third-order valence-electron chi connectivity index (χ3n) is 2.04. The van der Waals surface area contributed by atoms with Crippen molar-refractivity contribution in [2.45, 2.75) is 6.92 Å². The molecule has 0 aliphatic rings. The van der Waals surface area contributed by atoms with Crippen LogP contribution in [0.2, 0.25) is 0 Å². The second-order valence-corrected chi connectivity index (χ2v) is 5.03. The number of benzene rings is 1. The molecule has 0 fully saturated rings. The van der Waals surface area contributed by atoms with Gasteiger partial charge in [-0.05, 0) is 41.1 Å². The van der Waals surface area contributed by atoms with Crippen molar-refractivity contribution in [1.82, 2.24) is 0 Å². The van der Waals surface area contributed by atoms with Gasteiger partial charge in [0.15, 0.2) is 0 Å². The van der Waals surface area contributed by atoms with Gasteiger partial charge in [-0.15, -0.1) is 0 Å². The summed E-state index contributed by atoms with van der Waals surface area (Å²) in [7, 11) is 1.36. The Labute approximate surface area is 115 Å². The highest BCUT2D eigenvalue weighted by Crippen LogP contribution is 2.23. The fourth-order valence-electron chi connectivity index (χ4n) is 1.27. The third kappa shape index (κ3) is 4.77. The van der Waals surface area contributed by atoms with Gasteiger partial charge in [0.1, 0.15) is 17.9 Å². The van der Waals surface area contributed by atoms with Crippen LogP contribution in [0.5, 0.6) is 5.75 Å². The van der Waals surface area contributed by atoms with Gasteiger partial charge in [-0.25, -0.2) is 4.79 Å². The van der Waals surface area contributed by atoms with E-state index in [2.05, 4.69) is 22.0 Å². The minimum absolute atomic E-state index is 0.389. The first-order chi connectivity index (χ1) is 8.19. The summed E-state index contributed by atoms with van der Waals surface area (Å²) in [6.45, 7) is 3.26. The molecule has 0 aromatic heterocycles. The number of ether oxygens (including phenoxy) is 2. The average molecular weight is 368 g/mol. The summed E-state index contributed by atoms with van der Waals surface area (Å²) in [5.41, 5.74) is 1.44. The molecule has 6 heteroatoms. The zero-order valence-electron chi connectivity index (χ0n) is 9.66. The number of carbonyl (C=O) groups is 1. The molecule has 0 aliphatic carbocycles. The van der Waals surface area contributed by atoms with E-state index in [1.165, 1.54) is 7.11 Å². The number of halogens is 1. The molecule has 1 unspecified atom stereocenters. The second kappa shape index (κ2) is 7.84. The normalized spacial score (nSPS) is 10.8. The number of methoxy groups -OCH3 is 1. The van der Waals surface area contributed by atoms with Crippen LogP contribution in [0.15, 0.2) is 18.2 Å². The molecule has 0 N–H and O–H groups in total. The lowest BCUT2D eigenvalue weighted by Gasteiger charge is -2.10. The van der Waals surface area contributed by atoms with Gasteiger partial charge in [-0.3, -0.25) is 0 Å². The summed E-state index contributed by atoms with van der Waals surface area (Å²) in [6.07, 6.45) is 0. The molecule has 1 aromatic rings. The van der Waals surface area contributed by atoms with Gasteiger partial charge < -0.3 is 14.0 Å².